The molecule has 1 aliphatic carbocycles. The number of rotatable bonds is 12. The highest BCUT2D eigenvalue weighted by molar-refractivity contribution is 5.91. The molecule has 2 aromatic heterocycles. The van der Waals surface area contributed by atoms with Crippen molar-refractivity contribution in [1.82, 2.24) is 24.8 Å². The van der Waals surface area contributed by atoms with Gasteiger partial charge in [-0.15, -0.1) is 0 Å². The van der Waals surface area contributed by atoms with Crippen LogP contribution in [-0.4, -0.2) is 68.5 Å². The van der Waals surface area contributed by atoms with Crippen molar-refractivity contribution >= 4 is 35.1 Å². The van der Waals surface area contributed by atoms with Gasteiger partial charge in [-0.1, -0.05) is 62.4 Å². The number of nitrogens with zero attached hydrogens (tertiary/aromatic N) is 3. The number of carboxylic acids is 1. The lowest BCUT2D eigenvalue weighted by Crippen LogP contribution is -2.40. The fraction of sp³-hybridized carbons (Fsp3) is 0.333. The van der Waals surface area contributed by atoms with Gasteiger partial charge in [-0.3, -0.25) is 19.9 Å². The number of amides is 2. The predicted octanol–water partition coefficient (Wildman–Crippen LogP) is 3.11. The minimum absolute atomic E-state index is 0.00365. The second-order valence-electron chi connectivity index (χ2n) is 10.5. The van der Waals surface area contributed by atoms with Gasteiger partial charge in [0, 0.05) is 18.4 Å². The molecule has 1 atom stereocenters. The molecule has 13 heteroatoms. The van der Waals surface area contributed by atoms with Gasteiger partial charge in [0.05, 0.1) is 19.0 Å². The van der Waals surface area contributed by atoms with Crippen molar-refractivity contribution < 1.29 is 29.0 Å². The van der Waals surface area contributed by atoms with Gasteiger partial charge < -0.3 is 24.5 Å². The maximum Gasteiger partial charge on any atom is 0.407 e. The highest BCUT2D eigenvalue weighted by Crippen LogP contribution is 2.44. The highest BCUT2D eigenvalue weighted by Gasteiger charge is 2.29. The van der Waals surface area contributed by atoms with Gasteiger partial charge in [0.2, 0.25) is 11.9 Å². The number of fused-ring (bicyclic) bond motifs is 4. The Kier molecular flexibility index (Phi) is 8.81. The summed E-state index contributed by atoms with van der Waals surface area (Å²) in [6, 6.07) is 15.4. The summed E-state index contributed by atoms with van der Waals surface area (Å²) in [5.41, 5.74) is 4.20. The number of aromatic nitrogens is 4. The number of alkyl carbamates (subject to hydrolysis) is 1. The summed E-state index contributed by atoms with van der Waals surface area (Å²) >= 11 is 0. The number of aliphatic carboxylic acids is 1. The van der Waals surface area contributed by atoms with Crippen LogP contribution in [0.15, 0.2) is 59.7 Å². The van der Waals surface area contributed by atoms with Crippen LogP contribution in [0.25, 0.3) is 22.3 Å². The quantitative estimate of drug-likeness (QED) is 0.194. The van der Waals surface area contributed by atoms with Crippen molar-refractivity contribution in [3.05, 3.63) is 76.3 Å². The molecule has 2 heterocycles. The number of aromatic amines is 1. The van der Waals surface area contributed by atoms with Gasteiger partial charge in [0.15, 0.2) is 11.2 Å². The Balaban J connectivity index is 1.26. The van der Waals surface area contributed by atoms with E-state index in [4.69, 9.17) is 14.6 Å². The number of anilines is 1. The smallest absolute Gasteiger partial charge is 0.407 e. The zero-order valence-electron chi connectivity index (χ0n) is 23.7. The monoisotopic (exact) mass is 588 g/mol. The average Bonchev–Trinajstić information content (AvgIpc) is 3.53. The summed E-state index contributed by atoms with van der Waals surface area (Å²) in [6.07, 6.45) is 1.04. The molecule has 0 saturated heterocycles. The molecule has 4 N–H and O–H groups in total. The van der Waals surface area contributed by atoms with Crippen molar-refractivity contribution in [2.24, 2.45) is 5.92 Å². The predicted molar refractivity (Wildman–Crippen MR) is 157 cm³/mol. The van der Waals surface area contributed by atoms with Crippen LogP contribution in [0.2, 0.25) is 0 Å². The Morgan fingerprint density at radius 1 is 1.07 bits per heavy atom. The van der Waals surface area contributed by atoms with E-state index in [1.807, 2.05) is 48.5 Å². The molecule has 0 bridgehead atoms. The third-order valence-corrected chi connectivity index (χ3v) is 7.17. The highest BCUT2D eigenvalue weighted by atomic mass is 16.5. The van der Waals surface area contributed by atoms with Crippen molar-refractivity contribution in [2.45, 2.75) is 38.8 Å². The summed E-state index contributed by atoms with van der Waals surface area (Å²) in [5, 5.41) is 14.4. The van der Waals surface area contributed by atoms with E-state index in [9.17, 15) is 19.2 Å². The molecular weight excluding hydrogens is 556 g/mol. The minimum atomic E-state index is -1.14. The Bertz CT molecular complexity index is 1670. The van der Waals surface area contributed by atoms with Gasteiger partial charge in [0.25, 0.3) is 5.56 Å². The molecule has 0 aliphatic heterocycles. The third kappa shape index (κ3) is 6.72. The second kappa shape index (κ2) is 12.9. The average molecular weight is 589 g/mol. The van der Waals surface area contributed by atoms with Crippen LogP contribution in [-0.2, 0) is 25.6 Å². The largest absolute Gasteiger partial charge is 0.480 e. The van der Waals surface area contributed by atoms with Crippen molar-refractivity contribution in [2.75, 3.05) is 25.1 Å². The molecule has 43 heavy (non-hydrogen) atoms. The molecule has 1 aliphatic rings. The molecule has 2 amide bonds. The van der Waals surface area contributed by atoms with Crippen LogP contribution in [0.4, 0.5) is 10.7 Å². The summed E-state index contributed by atoms with van der Waals surface area (Å²) in [6.45, 7) is 3.17. The topological polar surface area (TPSA) is 178 Å². The molecule has 2 aromatic carbocycles. The summed E-state index contributed by atoms with van der Waals surface area (Å²) in [7, 11) is 0. The molecule has 13 nitrogen and oxygen atoms in total. The number of ether oxygens (including phenoxy) is 2. The number of carboxylic acid groups (broad SMARTS) is 1. The van der Waals surface area contributed by atoms with Crippen molar-refractivity contribution in [1.29, 1.82) is 0 Å². The molecule has 0 spiro atoms. The number of nitrogens with one attached hydrogen (secondary N) is 3. The lowest BCUT2D eigenvalue weighted by atomic mass is 9.98. The van der Waals surface area contributed by atoms with Crippen LogP contribution in [0, 0.1) is 5.92 Å². The number of benzene rings is 2. The number of aryl methyl sites for hydroxylation is 1. The zero-order valence-corrected chi connectivity index (χ0v) is 23.7. The number of carbonyl (C=O) groups excluding carboxylic acids is 2. The Labute approximate surface area is 246 Å². The van der Waals surface area contributed by atoms with E-state index in [0.29, 0.717) is 0 Å². The molecular formula is C30H32N6O7. The first-order valence-electron chi connectivity index (χ1n) is 13.9. The van der Waals surface area contributed by atoms with E-state index in [1.165, 1.54) is 6.33 Å². The Morgan fingerprint density at radius 3 is 2.40 bits per heavy atom. The summed E-state index contributed by atoms with van der Waals surface area (Å²) in [5.74, 6) is -1.89. The van der Waals surface area contributed by atoms with Gasteiger partial charge in [-0.2, -0.15) is 4.98 Å². The first-order chi connectivity index (χ1) is 20.7. The third-order valence-electron chi connectivity index (χ3n) is 7.17. The van der Waals surface area contributed by atoms with E-state index in [-0.39, 0.29) is 61.0 Å². The lowest BCUT2D eigenvalue weighted by Gasteiger charge is -2.20. The number of hydrogen-bond donors (Lipinski definition) is 4. The van der Waals surface area contributed by atoms with Crippen LogP contribution in [0.1, 0.15) is 37.3 Å². The fourth-order valence-corrected chi connectivity index (χ4v) is 5.03. The number of imidazole rings is 1. The fourth-order valence-electron chi connectivity index (χ4n) is 5.03. The Hall–Kier alpha value is -5.04. The van der Waals surface area contributed by atoms with Gasteiger partial charge in [-0.05, 0) is 28.7 Å². The van der Waals surface area contributed by atoms with Crippen molar-refractivity contribution in [3.8, 4) is 11.1 Å². The lowest BCUT2D eigenvalue weighted by molar-refractivity contribution is -0.142. The molecule has 224 valence electrons. The van der Waals surface area contributed by atoms with Crippen LogP contribution < -0.4 is 16.2 Å². The normalized spacial score (nSPS) is 13.0. The van der Waals surface area contributed by atoms with Crippen LogP contribution >= 0.6 is 0 Å². The minimum Gasteiger partial charge on any atom is -0.480 e. The zero-order chi connectivity index (χ0) is 30.5. The number of H-pyrrole nitrogens is 1. The number of hydrogen-bond acceptors (Lipinski definition) is 8. The first kappa shape index (κ1) is 29.5. The SMILES string of the molecule is CC(C)C(=O)Nc1nc2c(ncn2CC[C@@H](COCC(=O)O)NC(=O)OCC2c3ccccc3-c3ccccc32)c(=O)[nH]1. The molecule has 0 radical (unpaired) electrons. The summed E-state index contributed by atoms with van der Waals surface area (Å²) < 4.78 is 12.5. The molecule has 5 rings (SSSR count). The van der Waals surface area contributed by atoms with E-state index >= 15 is 0 Å². The van der Waals surface area contributed by atoms with Crippen molar-refractivity contribution in [3.63, 3.8) is 0 Å². The molecule has 0 fully saturated rings. The Morgan fingerprint density at radius 2 is 1.74 bits per heavy atom. The van der Waals surface area contributed by atoms with Gasteiger partial charge in [-0.25, -0.2) is 14.6 Å². The molecule has 4 aromatic rings. The van der Waals surface area contributed by atoms with Crippen LogP contribution in [0.3, 0.4) is 0 Å². The van der Waals surface area contributed by atoms with E-state index in [0.717, 1.165) is 22.3 Å². The number of carbonyl (C=O) groups is 3. The summed E-state index contributed by atoms with van der Waals surface area (Å²) in [4.78, 5) is 59.5. The van der Waals surface area contributed by atoms with Crippen LogP contribution in [0.5, 0.6) is 0 Å². The van der Waals surface area contributed by atoms with E-state index in [1.54, 1.807) is 18.4 Å². The van der Waals surface area contributed by atoms with Gasteiger partial charge in [0.1, 0.15) is 13.2 Å². The molecule has 0 unspecified atom stereocenters. The maximum atomic E-state index is 12.9. The molecule has 0 saturated carbocycles. The second-order valence-corrected chi connectivity index (χ2v) is 10.5. The standard InChI is InChI=1S/C30H32N6O7/c1-17(2)27(39)34-29-33-26-25(28(40)35-29)31-16-36(26)12-11-18(13-42-15-24(37)38)32-30(41)43-14-23-21-9-5-3-7-19(21)20-8-4-6-10-22(20)23/h3-10,16-18,23H,11-15H2,1-2H3,(H,32,41)(H,37,38)(H2,33,34,35,39,40)/t18-/m0/s1. The maximum absolute atomic E-state index is 12.9. The first-order valence-corrected chi connectivity index (χ1v) is 13.9. The van der Waals surface area contributed by atoms with E-state index in [2.05, 4.69) is 25.6 Å². The van der Waals surface area contributed by atoms with E-state index < -0.39 is 30.3 Å². The van der Waals surface area contributed by atoms with Gasteiger partial charge >= 0.3 is 12.1 Å².